The normalized spacial score (nSPS) is 22.3. The lowest BCUT2D eigenvalue weighted by molar-refractivity contribution is -0.122. The molecule has 0 radical (unpaired) electrons. The Hall–Kier alpha value is -4.49. The second-order valence-corrected chi connectivity index (χ2v) is 13.2. The molecule has 0 saturated carbocycles. The molecule has 1 N–H and O–H groups in total. The molecule has 0 unspecified atom stereocenters. The molecule has 232 valence electrons. The molecule has 1 spiro atoms. The summed E-state index contributed by atoms with van der Waals surface area (Å²) >= 11 is 3.54. The third kappa shape index (κ3) is 4.63. The van der Waals surface area contributed by atoms with E-state index in [9.17, 15) is 9.59 Å². The number of ether oxygens (including phenoxy) is 1. The van der Waals surface area contributed by atoms with Gasteiger partial charge in [-0.3, -0.25) is 14.4 Å². The fourth-order valence-corrected chi connectivity index (χ4v) is 8.29. The molecule has 4 aromatic rings. The van der Waals surface area contributed by atoms with Crippen molar-refractivity contribution in [1.82, 2.24) is 4.90 Å². The Kier molecular flexibility index (Phi) is 7.89. The van der Waals surface area contributed by atoms with E-state index in [0.717, 1.165) is 42.4 Å². The Bertz CT molecular complexity index is 1880. The molecule has 0 bridgehead atoms. The average Bonchev–Trinajstić information content (AvgIpc) is 3.56. The standard InChI is InChI=1S/C39H35BrN2O4/c1-3-4-5-10-24-15-17-26(18-16-24)35(43)33-34(36(44)27-19-20-32(46-2)30(40)23-27)42-22-21-25-11-6-7-12-28(25)37(42)39(33)29-13-8-9-14-31(29)41-38(39)45/h6-9,11-23,33-34,37H,3-5,10H2,1-2H3,(H,41,45)/t33-,34+,37-,39-/m1/s1. The zero-order valence-corrected chi connectivity index (χ0v) is 27.4. The summed E-state index contributed by atoms with van der Waals surface area (Å²) in [7, 11) is 1.57. The molecular formula is C39H35BrN2O4. The van der Waals surface area contributed by atoms with Crippen molar-refractivity contribution in [3.63, 3.8) is 0 Å². The number of benzene rings is 4. The van der Waals surface area contributed by atoms with Gasteiger partial charge in [0.25, 0.3) is 0 Å². The number of ketones is 2. The van der Waals surface area contributed by atoms with E-state index in [-0.39, 0.29) is 17.5 Å². The number of para-hydroxylation sites is 1. The van der Waals surface area contributed by atoms with E-state index < -0.39 is 23.4 Å². The van der Waals surface area contributed by atoms with Gasteiger partial charge in [-0.1, -0.05) is 86.5 Å². The van der Waals surface area contributed by atoms with Crippen molar-refractivity contribution in [1.29, 1.82) is 0 Å². The van der Waals surface area contributed by atoms with E-state index in [1.807, 2.05) is 90.0 Å². The smallest absolute Gasteiger partial charge is 0.238 e. The number of amides is 1. The third-order valence-electron chi connectivity index (χ3n) is 9.87. The highest BCUT2D eigenvalue weighted by Crippen LogP contribution is 2.62. The number of unbranched alkanes of at least 4 members (excludes halogenated alkanes) is 2. The summed E-state index contributed by atoms with van der Waals surface area (Å²) in [6, 6.07) is 26.9. The topological polar surface area (TPSA) is 75.7 Å². The molecule has 7 heteroatoms. The highest BCUT2D eigenvalue weighted by atomic mass is 79.9. The SMILES string of the molecule is CCCCCc1ccc(C(=O)[C@H]2[C@@H](C(=O)c3ccc(OC)c(Br)c3)N3C=Cc4ccccc4[C@@H]3[C@]23C(=O)Nc2ccccc23)cc1. The van der Waals surface area contributed by atoms with Gasteiger partial charge in [-0.25, -0.2) is 0 Å². The average molecular weight is 676 g/mol. The van der Waals surface area contributed by atoms with E-state index in [2.05, 4.69) is 28.2 Å². The molecule has 3 aliphatic heterocycles. The summed E-state index contributed by atoms with van der Waals surface area (Å²) in [5.74, 6) is -1.15. The van der Waals surface area contributed by atoms with Crippen LogP contribution < -0.4 is 10.1 Å². The van der Waals surface area contributed by atoms with Crippen molar-refractivity contribution < 1.29 is 19.1 Å². The molecule has 4 atom stereocenters. The van der Waals surface area contributed by atoms with E-state index >= 15 is 4.79 Å². The van der Waals surface area contributed by atoms with E-state index in [4.69, 9.17) is 4.74 Å². The van der Waals surface area contributed by atoms with Gasteiger partial charge in [0, 0.05) is 23.0 Å². The zero-order valence-electron chi connectivity index (χ0n) is 25.8. The van der Waals surface area contributed by atoms with Crippen LogP contribution in [0.3, 0.4) is 0 Å². The van der Waals surface area contributed by atoms with Gasteiger partial charge in [0.2, 0.25) is 5.91 Å². The first-order chi connectivity index (χ1) is 22.4. The molecule has 7 rings (SSSR count). The predicted octanol–water partition coefficient (Wildman–Crippen LogP) is 8.17. The summed E-state index contributed by atoms with van der Waals surface area (Å²) < 4.78 is 6.06. The summed E-state index contributed by atoms with van der Waals surface area (Å²) in [5.41, 5.74) is 4.00. The number of anilines is 1. The Balaban J connectivity index is 1.44. The van der Waals surface area contributed by atoms with Crippen molar-refractivity contribution >= 4 is 45.2 Å². The highest BCUT2D eigenvalue weighted by molar-refractivity contribution is 9.10. The quantitative estimate of drug-likeness (QED) is 0.143. The third-order valence-corrected chi connectivity index (χ3v) is 10.5. The second-order valence-electron chi connectivity index (χ2n) is 12.3. The number of methoxy groups -OCH3 is 1. The second kappa shape index (κ2) is 12.0. The van der Waals surface area contributed by atoms with Crippen LogP contribution in [0.1, 0.15) is 75.2 Å². The minimum Gasteiger partial charge on any atom is -0.496 e. The van der Waals surface area contributed by atoms with Crippen molar-refractivity contribution in [2.75, 3.05) is 12.4 Å². The highest BCUT2D eigenvalue weighted by Gasteiger charge is 2.70. The summed E-state index contributed by atoms with van der Waals surface area (Å²) in [6.45, 7) is 2.18. The van der Waals surface area contributed by atoms with Gasteiger partial charge in [0.15, 0.2) is 11.6 Å². The van der Waals surface area contributed by atoms with Gasteiger partial charge in [0.1, 0.15) is 17.2 Å². The van der Waals surface area contributed by atoms with Crippen LogP contribution >= 0.6 is 15.9 Å². The van der Waals surface area contributed by atoms with Crippen molar-refractivity contribution in [3.8, 4) is 5.75 Å². The first-order valence-electron chi connectivity index (χ1n) is 15.9. The maximum absolute atomic E-state index is 15.1. The number of carbonyl (C=O) groups excluding carboxylic acids is 3. The summed E-state index contributed by atoms with van der Waals surface area (Å²) in [6.07, 6.45) is 8.18. The molecule has 3 heterocycles. The van der Waals surface area contributed by atoms with E-state index in [0.29, 0.717) is 27.0 Å². The molecule has 1 saturated heterocycles. The van der Waals surface area contributed by atoms with Gasteiger partial charge >= 0.3 is 0 Å². The Morgan fingerprint density at radius 1 is 0.913 bits per heavy atom. The summed E-state index contributed by atoms with van der Waals surface area (Å²) in [5, 5.41) is 3.11. The molecule has 4 aromatic carbocycles. The van der Waals surface area contributed by atoms with Gasteiger partial charge in [0.05, 0.1) is 23.5 Å². The van der Waals surface area contributed by atoms with Crippen molar-refractivity contribution in [3.05, 3.63) is 135 Å². The lowest BCUT2D eigenvalue weighted by atomic mass is 9.62. The van der Waals surface area contributed by atoms with Gasteiger partial charge in [-0.2, -0.15) is 0 Å². The van der Waals surface area contributed by atoms with Gasteiger partial charge in [-0.15, -0.1) is 0 Å². The van der Waals surface area contributed by atoms with Crippen LogP contribution in [0.2, 0.25) is 0 Å². The zero-order chi connectivity index (χ0) is 32.0. The van der Waals surface area contributed by atoms with Crippen LogP contribution in [0.4, 0.5) is 5.69 Å². The Labute approximate surface area is 277 Å². The number of nitrogens with zero attached hydrogens (tertiary/aromatic N) is 1. The van der Waals surface area contributed by atoms with Gasteiger partial charge in [-0.05, 0) is 81.4 Å². The van der Waals surface area contributed by atoms with Crippen LogP contribution in [-0.4, -0.2) is 35.5 Å². The number of Topliss-reactive ketones (excluding diaryl/α,β-unsaturated/α-hetero) is 2. The van der Waals surface area contributed by atoms with Crippen molar-refractivity contribution in [2.24, 2.45) is 5.92 Å². The van der Waals surface area contributed by atoms with Crippen LogP contribution in [0.25, 0.3) is 6.08 Å². The minimum absolute atomic E-state index is 0.224. The van der Waals surface area contributed by atoms with E-state index in [1.165, 1.54) is 5.56 Å². The fraction of sp³-hybridized carbons (Fsp3) is 0.256. The number of nitrogens with one attached hydrogen (secondary N) is 1. The molecule has 6 nitrogen and oxygen atoms in total. The molecule has 3 aliphatic rings. The largest absolute Gasteiger partial charge is 0.496 e. The number of carbonyl (C=O) groups is 3. The first kappa shape index (κ1) is 30.2. The lowest BCUT2D eigenvalue weighted by Crippen LogP contribution is -2.49. The van der Waals surface area contributed by atoms with Crippen LogP contribution in [0.5, 0.6) is 5.75 Å². The van der Waals surface area contributed by atoms with Crippen molar-refractivity contribution in [2.45, 2.75) is 50.1 Å². The number of aryl methyl sites for hydroxylation is 1. The van der Waals surface area contributed by atoms with Gasteiger partial charge < -0.3 is 15.0 Å². The number of halogens is 1. The molecule has 46 heavy (non-hydrogen) atoms. The number of rotatable bonds is 9. The number of hydrogen-bond acceptors (Lipinski definition) is 5. The molecule has 1 fully saturated rings. The lowest BCUT2D eigenvalue weighted by Gasteiger charge is -2.38. The maximum atomic E-state index is 15.1. The molecule has 0 aromatic heterocycles. The van der Waals surface area contributed by atoms with Crippen LogP contribution in [0, 0.1) is 5.92 Å². The molecular weight excluding hydrogens is 640 g/mol. The Morgan fingerprint density at radius 2 is 1.65 bits per heavy atom. The van der Waals surface area contributed by atoms with Crippen LogP contribution in [-0.2, 0) is 16.6 Å². The monoisotopic (exact) mass is 674 g/mol. The Morgan fingerprint density at radius 3 is 2.41 bits per heavy atom. The minimum atomic E-state index is -1.36. The number of hydrogen-bond donors (Lipinski definition) is 1. The maximum Gasteiger partial charge on any atom is 0.238 e. The molecule has 0 aliphatic carbocycles. The fourth-order valence-electron chi connectivity index (χ4n) is 7.75. The molecule has 1 amide bonds. The predicted molar refractivity (Wildman–Crippen MR) is 183 cm³/mol. The first-order valence-corrected chi connectivity index (χ1v) is 16.7. The summed E-state index contributed by atoms with van der Waals surface area (Å²) in [4.78, 5) is 46.6. The van der Waals surface area contributed by atoms with E-state index in [1.54, 1.807) is 25.3 Å². The van der Waals surface area contributed by atoms with Crippen LogP contribution in [0.15, 0.2) is 102 Å². The number of fused-ring (bicyclic) bond motifs is 6.